The van der Waals surface area contributed by atoms with Gasteiger partial charge in [0.05, 0.1) is 29.1 Å². The molecular weight excluding hydrogens is 348 g/mol. The molecule has 0 aliphatic carbocycles. The first kappa shape index (κ1) is 16.0. The lowest BCUT2D eigenvalue weighted by Gasteiger charge is -2.05. The van der Waals surface area contributed by atoms with Gasteiger partial charge in [-0.2, -0.15) is 5.10 Å². The zero-order valence-electron chi connectivity index (χ0n) is 13.1. The normalized spacial score (nSPS) is 18.2. The predicted octanol–water partition coefficient (Wildman–Crippen LogP) is -0.0433. The zero-order valence-corrected chi connectivity index (χ0v) is 13.9. The Kier molecular flexibility index (Phi) is 3.90. The fraction of sp³-hybridized carbons (Fsp3) is 0.357. The Balaban J connectivity index is 1.49. The van der Waals surface area contributed by atoms with Crippen molar-refractivity contribution in [2.75, 3.05) is 13.2 Å². The number of benzene rings is 1. The minimum absolute atomic E-state index is 0.00932. The first-order valence-corrected chi connectivity index (χ1v) is 9.20. The van der Waals surface area contributed by atoms with Gasteiger partial charge in [0, 0.05) is 12.5 Å². The van der Waals surface area contributed by atoms with Crippen LogP contribution in [0.25, 0.3) is 11.0 Å². The average molecular weight is 364 g/mol. The Morgan fingerprint density at radius 1 is 1.28 bits per heavy atom. The molecule has 4 N–H and O–H groups in total. The molecule has 11 heteroatoms. The molecule has 1 atom stereocenters. The van der Waals surface area contributed by atoms with Gasteiger partial charge in [-0.3, -0.25) is 5.10 Å². The first-order valence-electron chi connectivity index (χ1n) is 7.72. The molecule has 0 amide bonds. The van der Waals surface area contributed by atoms with E-state index >= 15 is 0 Å². The summed E-state index contributed by atoms with van der Waals surface area (Å²) in [5.74, 6) is 1.22. The summed E-state index contributed by atoms with van der Waals surface area (Å²) >= 11 is 0. The maximum Gasteiger partial charge on any atom is 0.323 e. The quantitative estimate of drug-likeness (QED) is 0.499. The second kappa shape index (κ2) is 6.10. The molecule has 0 radical (unpaired) electrons. The highest BCUT2D eigenvalue weighted by molar-refractivity contribution is 7.89. The molecule has 4 rings (SSSR count). The van der Waals surface area contributed by atoms with Crippen molar-refractivity contribution in [2.45, 2.75) is 23.8 Å². The van der Waals surface area contributed by atoms with Crippen molar-refractivity contribution in [3.05, 3.63) is 40.3 Å². The van der Waals surface area contributed by atoms with E-state index in [1.54, 1.807) is 0 Å². The van der Waals surface area contributed by atoms with E-state index in [0.717, 1.165) is 6.42 Å². The van der Waals surface area contributed by atoms with Crippen LogP contribution in [-0.4, -0.2) is 46.8 Å². The van der Waals surface area contributed by atoms with E-state index in [-0.39, 0.29) is 23.0 Å². The van der Waals surface area contributed by atoms with E-state index < -0.39 is 10.0 Å². The fourth-order valence-electron chi connectivity index (χ4n) is 2.74. The minimum atomic E-state index is -3.75. The molecule has 0 bridgehead atoms. The van der Waals surface area contributed by atoms with Crippen molar-refractivity contribution >= 4 is 21.1 Å². The van der Waals surface area contributed by atoms with Crippen LogP contribution in [0.4, 0.5) is 0 Å². The molecule has 10 nitrogen and oxygen atoms in total. The topological polar surface area (TPSA) is 146 Å². The minimum Gasteiger partial charge on any atom is -0.381 e. The average Bonchev–Trinajstić information content (AvgIpc) is 3.31. The summed E-state index contributed by atoms with van der Waals surface area (Å²) in [7, 11) is -3.75. The Morgan fingerprint density at radius 2 is 2.12 bits per heavy atom. The van der Waals surface area contributed by atoms with Gasteiger partial charge in [0.1, 0.15) is 5.82 Å². The number of aromatic nitrogens is 5. The monoisotopic (exact) mass is 364 g/mol. The number of nitrogens with one attached hydrogen (secondary N) is 4. The van der Waals surface area contributed by atoms with Crippen LogP contribution in [0.3, 0.4) is 0 Å². The van der Waals surface area contributed by atoms with Crippen LogP contribution in [-0.2, 0) is 21.3 Å². The van der Waals surface area contributed by atoms with Crippen LogP contribution >= 0.6 is 0 Å². The SMILES string of the molecule is O=c1[nH]c2ccc(S(=O)(=O)NCc3nc(C4CCOC4)n[nH]3)cc2[nH]1. The van der Waals surface area contributed by atoms with Gasteiger partial charge < -0.3 is 14.7 Å². The summed E-state index contributed by atoms with van der Waals surface area (Å²) in [5, 5.41) is 6.86. The lowest BCUT2D eigenvalue weighted by atomic mass is 10.1. The van der Waals surface area contributed by atoms with Gasteiger partial charge in [-0.05, 0) is 24.6 Å². The van der Waals surface area contributed by atoms with Crippen LogP contribution in [0.5, 0.6) is 0 Å². The van der Waals surface area contributed by atoms with Crippen molar-refractivity contribution in [3.63, 3.8) is 0 Å². The molecule has 1 fully saturated rings. The maximum absolute atomic E-state index is 12.4. The summed E-state index contributed by atoms with van der Waals surface area (Å²) in [6.07, 6.45) is 0.859. The van der Waals surface area contributed by atoms with Gasteiger partial charge in [0.2, 0.25) is 10.0 Å². The summed E-state index contributed by atoms with van der Waals surface area (Å²) in [6, 6.07) is 4.36. The Morgan fingerprint density at radius 3 is 2.92 bits per heavy atom. The second-order valence-corrected chi connectivity index (χ2v) is 7.58. The number of sulfonamides is 1. The third-order valence-electron chi connectivity index (χ3n) is 4.07. The van der Waals surface area contributed by atoms with Gasteiger partial charge in [-0.1, -0.05) is 0 Å². The number of imidazole rings is 1. The first-order chi connectivity index (χ1) is 12.0. The molecule has 1 aliphatic rings. The van der Waals surface area contributed by atoms with Crippen LogP contribution in [0.15, 0.2) is 27.9 Å². The fourth-order valence-corrected chi connectivity index (χ4v) is 3.75. The number of hydrogen-bond acceptors (Lipinski definition) is 6. The number of rotatable bonds is 5. The molecule has 0 spiro atoms. The maximum atomic E-state index is 12.4. The highest BCUT2D eigenvalue weighted by Crippen LogP contribution is 2.21. The number of H-pyrrole nitrogens is 3. The van der Waals surface area contributed by atoms with Gasteiger partial charge in [-0.15, -0.1) is 0 Å². The Labute approximate surface area is 142 Å². The third-order valence-corrected chi connectivity index (χ3v) is 5.47. The largest absolute Gasteiger partial charge is 0.381 e. The van der Waals surface area contributed by atoms with E-state index in [1.807, 2.05) is 0 Å². The van der Waals surface area contributed by atoms with Crippen molar-refractivity contribution in [1.82, 2.24) is 29.9 Å². The highest BCUT2D eigenvalue weighted by atomic mass is 32.2. The summed E-state index contributed by atoms with van der Waals surface area (Å²) < 4.78 is 32.6. The van der Waals surface area contributed by atoms with Crippen molar-refractivity contribution < 1.29 is 13.2 Å². The predicted molar refractivity (Wildman–Crippen MR) is 87.5 cm³/mol. The third kappa shape index (κ3) is 3.21. The molecule has 3 aromatic rings. The molecule has 1 aliphatic heterocycles. The zero-order chi connectivity index (χ0) is 17.4. The molecule has 2 aromatic heterocycles. The molecule has 1 saturated heterocycles. The lowest BCUT2D eigenvalue weighted by molar-refractivity contribution is 0.193. The number of hydrogen-bond donors (Lipinski definition) is 4. The Hall–Kier alpha value is -2.50. The molecule has 132 valence electrons. The number of fused-ring (bicyclic) bond motifs is 1. The molecular formula is C14H16N6O4S. The molecule has 3 heterocycles. The number of aromatic amines is 3. The summed E-state index contributed by atoms with van der Waals surface area (Å²) in [6.45, 7) is 1.26. The smallest absolute Gasteiger partial charge is 0.323 e. The van der Waals surface area contributed by atoms with E-state index in [1.165, 1.54) is 18.2 Å². The summed E-state index contributed by atoms with van der Waals surface area (Å²) in [5.41, 5.74) is 0.584. The van der Waals surface area contributed by atoms with Crippen LogP contribution in [0.1, 0.15) is 24.0 Å². The molecule has 1 aromatic carbocycles. The number of ether oxygens (including phenoxy) is 1. The highest BCUT2D eigenvalue weighted by Gasteiger charge is 2.22. The van der Waals surface area contributed by atoms with E-state index in [9.17, 15) is 13.2 Å². The van der Waals surface area contributed by atoms with E-state index in [0.29, 0.717) is 35.9 Å². The van der Waals surface area contributed by atoms with Crippen molar-refractivity contribution in [1.29, 1.82) is 0 Å². The van der Waals surface area contributed by atoms with Gasteiger partial charge >= 0.3 is 5.69 Å². The standard InChI is InChI=1S/C14H16N6O4S/c21-14-16-10-2-1-9(5-11(10)17-14)25(22,23)15-6-12-18-13(20-19-12)8-3-4-24-7-8/h1-2,5,8,15H,3-4,6-7H2,(H2,16,17,21)(H,18,19,20). The summed E-state index contributed by atoms with van der Waals surface area (Å²) in [4.78, 5) is 20.7. The molecule has 0 saturated carbocycles. The van der Waals surface area contributed by atoms with Crippen LogP contribution in [0, 0.1) is 0 Å². The lowest BCUT2D eigenvalue weighted by Crippen LogP contribution is -2.23. The van der Waals surface area contributed by atoms with Crippen LogP contribution in [0.2, 0.25) is 0 Å². The van der Waals surface area contributed by atoms with Crippen molar-refractivity contribution in [3.8, 4) is 0 Å². The molecule has 1 unspecified atom stereocenters. The van der Waals surface area contributed by atoms with Crippen molar-refractivity contribution in [2.24, 2.45) is 0 Å². The van der Waals surface area contributed by atoms with E-state index in [2.05, 4.69) is 29.9 Å². The number of nitrogens with zero attached hydrogens (tertiary/aromatic N) is 2. The Bertz CT molecular complexity index is 1060. The van der Waals surface area contributed by atoms with Gasteiger partial charge in [-0.25, -0.2) is 22.9 Å². The van der Waals surface area contributed by atoms with Crippen LogP contribution < -0.4 is 10.4 Å². The second-order valence-electron chi connectivity index (χ2n) is 5.81. The van der Waals surface area contributed by atoms with Gasteiger partial charge in [0.15, 0.2) is 5.82 Å². The molecule has 25 heavy (non-hydrogen) atoms. The van der Waals surface area contributed by atoms with E-state index in [4.69, 9.17) is 4.74 Å². The van der Waals surface area contributed by atoms with Gasteiger partial charge in [0.25, 0.3) is 0 Å².